The Morgan fingerprint density at radius 2 is 1.22 bits per heavy atom. The van der Waals surface area contributed by atoms with E-state index in [1.807, 2.05) is 0 Å². The summed E-state index contributed by atoms with van der Waals surface area (Å²) in [6.07, 6.45) is 0.452. The summed E-state index contributed by atoms with van der Waals surface area (Å²) >= 11 is 0. The van der Waals surface area contributed by atoms with Gasteiger partial charge < -0.3 is 42.7 Å². The summed E-state index contributed by atoms with van der Waals surface area (Å²) in [5.41, 5.74) is 12.4. The van der Waals surface area contributed by atoms with E-state index in [0.717, 1.165) is 0 Å². The van der Waals surface area contributed by atoms with Gasteiger partial charge in [-0.25, -0.2) is 4.79 Å². The number of aliphatic carboxylic acids is 2. The van der Waals surface area contributed by atoms with Gasteiger partial charge in [-0.2, -0.15) is 0 Å². The Balaban J connectivity index is 2.30. The van der Waals surface area contributed by atoms with Gasteiger partial charge in [-0.15, -0.1) is 0 Å². The Hall–Kier alpha value is -4.49. The van der Waals surface area contributed by atoms with Crippen molar-refractivity contribution >= 4 is 29.7 Å². The first-order valence-electron chi connectivity index (χ1n) is 13.1. The number of rotatable bonds is 17. The lowest BCUT2D eigenvalue weighted by Crippen LogP contribution is -2.58. The van der Waals surface area contributed by atoms with E-state index in [1.54, 1.807) is 42.5 Å². The predicted molar refractivity (Wildman–Crippen MR) is 149 cm³/mol. The van der Waals surface area contributed by atoms with Crippen LogP contribution < -0.4 is 27.4 Å². The zero-order valence-corrected chi connectivity index (χ0v) is 22.5. The average Bonchev–Trinajstić information content (AvgIpc) is 2.92. The number of carboxylic acid groups (broad SMARTS) is 2. The second-order valence-corrected chi connectivity index (χ2v) is 9.57. The standard InChI is InChI=1S/C28H37N5O8/c29-13-5-4-8-21(28(40)41)31-26(38)23(15-18-9-11-19(34)12-10-18)33-27(39)22(14-17-6-2-1-3-7-17)32-25(37)20(30)16-24(35)36/h1-3,6-7,9-12,20-23,34H,4-5,8,13-16,29-30H2,(H,31,38)(H,32,37)(H,33,39)(H,35,36)(H,40,41). The van der Waals surface area contributed by atoms with E-state index >= 15 is 0 Å². The zero-order valence-electron chi connectivity index (χ0n) is 22.5. The van der Waals surface area contributed by atoms with E-state index in [4.69, 9.17) is 16.6 Å². The summed E-state index contributed by atoms with van der Waals surface area (Å²) in [4.78, 5) is 62.2. The minimum Gasteiger partial charge on any atom is -0.508 e. The molecule has 0 aromatic heterocycles. The SMILES string of the molecule is NCCCCC(NC(=O)C(Cc1ccc(O)cc1)NC(=O)C(Cc1ccccc1)NC(=O)C(N)CC(=O)O)C(=O)O. The topological polar surface area (TPSA) is 234 Å². The number of amides is 3. The monoisotopic (exact) mass is 571 g/mol. The fraction of sp³-hybridized carbons (Fsp3) is 0.393. The Morgan fingerprint density at radius 3 is 1.73 bits per heavy atom. The fourth-order valence-corrected chi connectivity index (χ4v) is 3.99. The van der Waals surface area contributed by atoms with Crippen LogP contribution in [0.1, 0.15) is 36.8 Å². The number of hydrogen-bond acceptors (Lipinski definition) is 8. The van der Waals surface area contributed by atoms with Crippen molar-refractivity contribution in [2.75, 3.05) is 6.54 Å². The molecule has 0 aliphatic heterocycles. The van der Waals surface area contributed by atoms with Crippen molar-refractivity contribution in [3.05, 3.63) is 65.7 Å². The number of hydrogen-bond donors (Lipinski definition) is 8. The average molecular weight is 572 g/mol. The summed E-state index contributed by atoms with van der Waals surface area (Å²) in [6.45, 7) is 0.366. The van der Waals surface area contributed by atoms with Crippen LogP contribution in [-0.2, 0) is 36.8 Å². The van der Waals surface area contributed by atoms with E-state index in [-0.39, 0.29) is 25.0 Å². The lowest BCUT2D eigenvalue weighted by molar-refractivity contribution is -0.142. The van der Waals surface area contributed by atoms with Gasteiger partial charge in [-0.1, -0.05) is 42.5 Å². The lowest BCUT2D eigenvalue weighted by Gasteiger charge is -2.25. The van der Waals surface area contributed by atoms with Crippen LogP contribution in [-0.4, -0.2) is 75.7 Å². The molecular formula is C28H37N5O8. The number of phenolic OH excluding ortho intramolecular Hbond substituents is 1. The van der Waals surface area contributed by atoms with E-state index in [2.05, 4.69) is 16.0 Å². The fourth-order valence-electron chi connectivity index (χ4n) is 3.99. The highest BCUT2D eigenvalue weighted by molar-refractivity contribution is 5.95. The van der Waals surface area contributed by atoms with E-state index in [1.165, 1.54) is 12.1 Å². The molecule has 2 aromatic carbocycles. The molecule has 2 aromatic rings. The normalized spacial score (nSPS) is 13.7. The first kappa shape index (κ1) is 32.7. The summed E-state index contributed by atoms with van der Waals surface area (Å²) in [5.74, 6) is -4.94. The van der Waals surface area contributed by atoms with Crippen molar-refractivity contribution in [2.24, 2.45) is 11.5 Å². The van der Waals surface area contributed by atoms with Crippen molar-refractivity contribution < 1.29 is 39.3 Å². The highest BCUT2D eigenvalue weighted by Gasteiger charge is 2.31. The molecule has 0 radical (unpaired) electrons. The van der Waals surface area contributed by atoms with Crippen LogP contribution in [0.4, 0.5) is 0 Å². The van der Waals surface area contributed by atoms with Gasteiger partial charge >= 0.3 is 11.9 Å². The van der Waals surface area contributed by atoms with Gasteiger partial charge in [0.2, 0.25) is 17.7 Å². The van der Waals surface area contributed by atoms with Gasteiger partial charge in [-0.05, 0) is 49.1 Å². The Bertz CT molecular complexity index is 1180. The van der Waals surface area contributed by atoms with E-state index in [9.17, 15) is 34.2 Å². The molecule has 0 heterocycles. The van der Waals surface area contributed by atoms with Crippen molar-refractivity contribution in [2.45, 2.75) is 62.7 Å². The van der Waals surface area contributed by atoms with Crippen LogP contribution in [0.2, 0.25) is 0 Å². The Labute approximate surface area is 237 Å². The van der Waals surface area contributed by atoms with Crippen molar-refractivity contribution in [3.8, 4) is 5.75 Å². The third-order valence-corrected chi connectivity index (χ3v) is 6.22. The molecule has 0 spiro atoms. The van der Waals surface area contributed by atoms with Crippen LogP contribution in [0.5, 0.6) is 5.75 Å². The molecule has 41 heavy (non-hydrogen) atoms. The van der Waals surface area contributed by atoms with Crippen molar-refractivity contribution in [1.82, 2.24) is 16.0 Å². The number of carbonyl (C=O) groups excluding carboxylic acids is 3. The van der Waals surface area contributed by atoms with Crippen LogP contribution in [0.25, 0.3) is 0 Å². The number of nitrogens with one attached hydrogen (secondary N) is 3. The molecule has 0 saturated carbocycles. The first-order chi connectivity index (χ1) is 19.5. The van der Waals surface area contributed by atoms with Gasteiger partial charge in [0, 0.05) is 12.8 Å². The smallest absolute Gasteiger partial charge is 0.326 e. The van der Waals surface area contributed by atoms with Crippen LogP contribution >= 0.6 is 0 Å². The number of nitrogens with two attached hydrogens (primary N) is 2. The molecule has 13 nitrogen and oxygen atoms in total. The number of carbonyl (C=O) groups is 5. The zero-order chi connectivity index (χ0) is 30.4. The minimum atomic E-state index is -1.42. The Kier molecular flexibility index (Phi) is 13.2. The molecule has 0 fully saturated rings. The molecule has 2 rings (SSSR count). The highest BCUT2D eigenvalue weighted by Crippen LogP contribution is 2.13. The quantitative estimate of drug-likeness (QED) is 0.115. The van der Waals surface area contributed by atoms with Gasteiger partial charge in [-0.3, -0.25) is 19.2 Å². The summed E-state index contributed by atoms with van der Waals surface area (Å²) in [5, 5.41) is 35.7. The summed E-state index contributed by atoms with van der Waals surface area (Å²) in [6, 6.07) is 9.46. The lowest BCUT2D eigenvalue weighted by atomic mass is 10.0. The van der Waals surface area contributed by atoms with Crippen LogP contribution in [0.15, 0.2) is 54.6 Å². The molecule has 0 saturated heterocycles. The second kappa shape index (κ2) is 16.6. The highest BCUT2D eigenvalue weighted by atomic mass is 16.4. The number of phenols is 1. The molecule has 0 aliphatic carbocycles. The minimum absolute atomic E-state index is 0.00257. The van der Waals surface area contributed by atoms with Gasteiger partial charge in [0.25, 0.3) is 0 Å². The number of aromatic hydroxyl groups is 1. The molecule has 0 bridgehead atoms. The second-order valence-electron chi connectivity index (χ2n) is 9.57. The largest absolute Gasteiger partial charge is 0.508 e. The molecule has 4 atom stereocenters. The first-order valence-corrected chi connectivity index (χ1v) is 13.1. The molecule has 222 valence electrons. The van der Waals surface area contributed by atoms with Crippen molar-refractivity contribution in [1.29, 1.82) is 0 Å². The van der Waals surface area contributed by atoms with Gasteiger partial charge in [0.1, 0.15) is 23.9 Å². The molecule has 10 N–H and O–H groups in total. The Morgan fingerprint density at radius 1 is 0.707 bits per heavy atom. The summed E-state index contributed by atoms with van der Waals surface area (Å²) in [7, 11) is 0. The predicted octanol–water partition coefficient (Wildman–Crippen LogP) is -0.353. The number of benzene rings is 2. The summed E-state index contributed by atoms with van der Waals surface area (Å²) < 4.78 is 0. The van der Waals surface area contributed by atoms with Crippen molar-refractivity contribution in [3.63, 3.8) is 0 Å². The maximum Gasteiger partial charge on any atom is 0.326 e. The third-order valence-electron chi connectivity index (χ3n) is 6.22. The number of unbranched alkanes of at least 4 members (excludes halogenated alkanes) is 1. The molecule has 4 unspecified atom stereocenters. The van der Waals surface area contributed by atoms with Crippen LogP contribution in [0, 0.1) is 0 Å². The van der Waals surface area contributed by atoms with Crippen LogP contribution in [0.3, 0.4) is 0 Å². The molecule has 0 aliphatic rings. The number of carboxylic acids is 2. The maximum absolute atomic E-state index is 13.5. The van der Waals surface area contributed by atoms with E-state index < -0.39 is 60.2 Å². The molecule has 3 amide bonds. The maximum atomic E-state index is 13.5. The van der Waals surface area contributed by atoms with E-state index in [0.29, 0.717) is 30.5 Å². The van der Waals surface area contributed by atoms with Gasteiger partial charge in [0.15, 0.2) is 0 Å². The third kappa shape index (κ3) is 11.6. The molecular weight excluding hydrogens is 534 g/mol. The van der Waals surface area contributed by atoms with Gasteiger partial charge in [0.05, 0.1) is 12.5 Å². The molecule has 13 heteroatoms.